The predicted octanol–water partition coefficient (Wildman–Crippen LogP) is 4.61. The van der Waals surface area contributed by atoms with E-state index in [0.29, 0.717) is 28.6 Å². The van der Waals surface area contributed by atoms with Crippen LogP contribution in [0.4, 0.5) is 25.8 Å². The Balaban J connectivity index is 1.27. The van der Waals surface area contributed by atoms with Gasteiger partial charge in [0.1, 0.15) is 11.5 Å². The van der Waals surface area contributed by atoms with Crippen LogP contribution in [0, 0.1) is 5.95 Å². The van der Waals surface area contributed by atoms with E-state index in [9.17, 15) is 14.0 Å². The lowest BCUT2D eigenvalue weighted by Gasteiger charge is -2.24. The molecule has 3 N–H and O–H groups in total. The molecule has 0 aliphatic carbocycles. The summed E-state index contributed by atoms with van der Waals surface area (Å²) < 4.78 is 15.2. The molecule has 10 nitrogen and oxygen atoms in total. The van der Waals surface area contributed by atoms with Crippen LogP contribution in [0.15, 0.2) is 60.4 Å². The maximum atomic E-state index is 13.4. The van der Waals surface area contributed by atoms with Crippen molar-refractivity contribution in [1.82, 2.24) is 19.5 Å². The fourth-order valence-electron chi connectivity index (χ4n) is 4.26. The van der Waals surface area contributed by atoms with Crippen LogP contribution in [0.1, 0.15) is 40.6 Å². The lowest BCUT2D eigenvalue weighted by molar-refractivity contribution is 0.101. The van der Waals surface area contributed by atoms with E-state index in [2.05, 4.69) is 30.5 Å². The average molecular weight is 508 g/mol. The summed E-state index contributed by atoms with van der Waals surface area (Å²) in [6, 6.07) is 9.97. The molecule has 0 radical (unpaired) electrons. The number of hydrogen-bond donors (Lipinski definition) is 3. The number of anilines is 3. The molecule has 0 bridgehead atoms. The first-order valence-corrected chi connectivity index (χ1v) is 12.1. The predicted molar refractivity (Wildman–Crippen MR) is 133 cm³/mol. The van der Waals surface area contributed by atoms with Crippen LogP contribution < -0.4 is 15.5 Å². The molecule has 36 heavy (non-hydrogen) atoms. The third-order valence-corrected chi connectivity index (χ3v) is 6.61. The van der Waals surface area contributed by atoms with Gasteiger partial charge >= 0.3 is 6.09 Å². The first-order valence-electron chi connectivity index (χ1n) is 11.2. The van der Waals surface area contributed by atoms with Gasteiger partial charge in [-0.3, -0.25) is 15.4 Å². The molecule has 12 heteroatoms. The second kappa shape index (κ2) is 10.1. The smallest absolute Gasteiger partial charge is 0.409 e. The van der Waals surface area contributed by atoms with E-state index in [4.69, 9.17) is 5.11 Å². The Kier molecular flexibility index (Phi) is 6.58. The van der Waals surface area contributed by atoms with Gasteiger partial charge in [-0.15, -0.1) is 11.3 Å². The van der Waals surface area contributed by atoms with Crippen LogP contribution in [-0.4, -0.2) is 43.2 Å². The standard InChI is InChI=1S/C24H22FN7O3S/c25-20-11-15(7-8-26-20)13-31-9-1-4-19(31)22(33)30-23-29-17(14-36-23)18-3-2-10-32(18)21-6-5-16(12-27-21)28-24(34)35/h1,4-9,11-12,14,18,28H,2-3,10,13H2,(H,34,35)(H,29,30,33). The number of pyridine rings is 2. The summed E-state index contributed by atoms with van der Waals surface area (Å²) in [5.41, 5.74) is 2.38. The molecule has 184 valence electrons. The van der Waals surface area contributed by atoms with Crippen molar-refractivity contribution in [3.05, 3.63) is 83.3 Å². The van der Waals surface area contributed by atoms with Crippen molar-refractivity contribution in [2.45, 2.75) is 25.4 Å². The zero-order valence-electron chi connectivity index (χ0n) is 19.0. The number of aromatic nitrogens is 4. The van der Waals surface area contributed by atoms with Gasteiger partial charge in [0.2, 0.25) is 5.95 Å². The van der Waals surface area contributed by atoms with Gasteiger partial charge in [-0.25, -0.2) is 19.7 Å². The highest BCUT2D eigenvalue weighted by molar-refractivity contribution is 7.14. The highest BCUT2D eigenvalue weighted by atomic mass is 32.1. The number of carbonyl (C=O) groups is 2. The van der Waals surface area contributed by atoms with Gasteiger partial charge in [-0.1, -0.05) is 0 Å². The number of nitrogens with zero attached hydrogens (tertiary/aromatic N) is 5. The molecule has 2 amide bonds. The Morgan fingerprint density at radius 1 is 1.19 bits per heavy atom. The van der Waals surface area contributed by atoms with Crippen LogP contribution in [0.5, 0.6) is 0 Å². The second-order valence-corrected chi connectivity index (χ2v) is 9.08. The van der Waals surface area contributed by atoms with Crippen LogP contribution >= 0.6 is 11.3 Å². The normalized spacial score (nSPS) is 15.1. The van der Waals surface area contributed by atoms with Crippen LogP contribution in [-0.2, 0) is 6.54 Å². The topological polar surface area (TPSA) is 125 Å². The van der Waals surface area contributed by atoms with Crippen molar-refractivity contribution in [2.24, 2.45) is 0 Å². The number of nitrogens with one attached hydrogen (secondary N) is 2. The minimum Gasteiger partial charge on any atom is -0.465 e. The van der Waals surface area contributed by atoms with Crippen LogP contribution in [0.25, 0.3) is 0 Å². The van der Waals surface area contributed by atoms with E-state index in [1.54, 1.807) is 41.1 Å². The van der Waals surface area contributed by atoms with Gasteiger partial charge in [-0.05, 0) is 54.8 Å². The minimum atomic E-state index is -1.14. The van der Waals surface area contributed by atoms with Gasteiger partial charge in [0.15, 0.2) is 5.13 Å². The number of thiazole rings is 1. The van der Waals surface area contributed by atoms with Gasteiger partial charge in [0, 0.05) is 30.9 Å². The van der Waals surface area contributed by atoms with Crippen molar-refractivity contribution in [1.29, 1.82) is 0 Å². The van der Waals surface area contributed by atoms with Crippen molar-refractivity contribution in [3.63, 3.8) is 0 Å². The Hall–Kier alpha value is -4.32. The number of rotatable bonds is 7. The average Bonchev–Trinajstić information content (AvgIpc) is 3.60. The molecule has 1 aliphatic rings. The quantitative estimate of drug-likeness (QED) is 0.312. The summed E-state index contributed by atoms with van der Waals surface area (Å²) in [6.07, 6.45) is 5.36. The number of carbonyl (C=O) groups excluding carboxylic acids is 1. The SMILES string of the molecule is O=C(O)Nc1ccc(N2CCCC2c2csc(NC(=O)c3cccn3Cc3ccnc(F)c3)n2)nc1. The monoisotopic (exact) mass is 507 g/mol. The Labute approximate surface area is 209 Å². The Morgan fingerprint density at radius 2 is 2.08 bits per heavy atom. The van der Waals surface area contributed by atoms with Gasteiger partial charge in [0.05, 0.1) is 23.6 Å². The summed E-state index contributed by atoms with van der Waals surface area (Å²) in [4.78, 5) is 38.5. The number of amides is 2. The maximum Gasteiger partial charge on any atom is 0.409 e. The minimum absolute atomic E-state index is 0.00290. The molecule has 5 heterocycles. The lowest BCUT2D eigenvalue weighted by atomic mass is 10.1. The summed E-state index contributed by atoms with van der Waals surface area (Å²) in [5.74, 6) is -0.135. The molecule has 1 fully saturated rings. The maximum absolute atomic E-state index is 13.4. The van der Waals surface area contributed by atoms with Crippen molar-refractivity contribution >= 4 is 40.0 Å². The van der Waals surface area contributed by atoms with E-state index >= 15 is 0 Å². The Morgan fingerprint density at radius 3 is 2.86 bits per heavy atom. The van der Waals surface area contributed by atoms with E-state index in [0.717, 1.165) is 30.9 Å². The molecular weight excluding hydrogens is 485 g/mol. The van der Waals surface area contributed by atoms with Crippen molar-refractivity contribution in [3.8, 4) is 0 Å². The van der Waals surface area contributed by atoms with Crippen molar-refractivity contribution < 1.29 is 19.1 Å². The molecule has 1 aliphatic heterocycles. The van der Waals surface area contributed by atoms with E-state index in [1.807, 2.05) is 5.38 Å². The lowest BCUT2D eigenvalue weighted by Crippen LogP contribution is -2.24. The zero-order valence-corrected chi connectivity index (χ0v) is 19.8. The van der Waals surface area contributed by atoms with Gasteiger partial charge in [0.25, 0.3) is 5.91 Å². The highest BCUT2D eigenvalue weighted by Gasteiger charge is 2.29. The number of carboxylic acid groups (broad SMARTS) is 1. The summed E-state index contributed by atoms with van der Waals surface area (Å²) in [5, 5.41) is 16.4. The molecule has 0 spiro atoms. The van der Waals surface area contributed by atoms with E-state index in [1.165, 1.54) is 29.8 Å². The first-order chi connectivity index (χ1) is 17.5. The Bertz CT molecular complexity index is 1390. The first kappa shape index (κ1) is 23.4. The number of hydrogen-bond acceptors (Lipinski definition) is 7. The summed E-state index contributed by atoms with van der Waals surface area (Å²) in [6.45, 7) is 1.13. The molecule has 4 aromatic rings. The fraction of sp³-hybridized carbons (Fsp3) is 0.208. The molecule has 1 unspecified atom stereocenters. The summed E-state index contributed by atoms with van der Waals surface area (Å²) in [7, 11) is 0. The molecular formula is C24H22FN7O3S. The molecule has 0 saturated carbocycles. The molecule has 1 atom stereocenters. The van der Waals surface area contributed by atoms with Crippen LogP contribution in [0.3, 0.4) is 0 Å². The molecule has 0 aromatic carbocycles. The van der Waals surface area contributed by atoms with Gasteiger partial charge in [-0.2, -0.15) is 4.39 Å². The van der Waals surface area contributed by atoms with Crippen LogP contribution in [0.2, 0.25) is 0 Å². The third kappa shape index (κ3) is 5.18. The van der Waals surface area contributed by atoms with Gasteiger partial charge < -0.3 is 14.6 Å². The van der Waals surface area contributed by atoms with E-state index in [-0.39, 0.29) is 11.9 Å². The zero-order chi connectivity index (χ0) is 25.1. The molecule has 1 saturated heterocycles. The van der Waals surface area contributed by atoms with E-state index < -0.39 is 12.0 Å². The highest BCUT2D eigenvalue weighted by Crippen LogP contribution is 2.36. The van der Waals surface area contributed by atoms with Crippen molar-refractivity contribution in [2.75, 3.05) is 22.1 Å². The third-order valence-electron chi connectivity index (χ3n) is 5.84. The largest absolute Gasteiger partial charge is 0.465 e. The molecule has 5 rings (SSSR count). The molecule has 4 aromatic heterocycles. The second-order valence-electron chi connectivity index (χ2n) is 8.23. The summed E-state index contributed by atoms with van der Waals surface area (Å²) >= 11 is 1.35. The fourth-order valence-corrected chi connectivity index (χ4v) is 5.01. The number of halogens is 1.